The third-order valence-electron chi connectivity index (χ3n) is 2.07. The lowest BCUT2D eigenvalue weighted by Crippen LogP contribution is -2.11. The fourth-order valence-electron chi connectivity index (χ4n) is 1.39. The lowest BCUT2D eigenvalue weighted by atomic mass is 10.1. The standard InChI is InChI=1S/C12H16O5/c1-3-16-9-5-8(11(13)12(14)15)6-10(7-9)17-4-2/h5-7,11,13H,3-4H2,1-2H3,(H,14,15)/t11-/m1/s1. The molecule has 0 saturated carbocycles. The Bertz CT molecular complexity index is 364. The van der Waals surface area contributed by atoms with Crippen molar-refractivity contribution < 1.29 is 24.5 Å². The summed E-state index contributed by atoms with van der Waals surface area (Å²) < 4.78 is 10.6. The van der Waals surface area contributed by atoms with E-state index in [2.05, 4.69) is 0 Å². The predicted molar refractivity (Wildman–Crippen MR) is 61.4 cm³/mol. The number of carboxylic acid groups (broad SMARTS) is 1. The number of ether oxygens (including phenoxy) is 2. The molecule has 0 fully saturated rings. The van der Waals surface area contributed by atoms with Gasteiger partial charge in [-0.05, 0) is 31.5 Å². The molecule has 1 aromatic rings. The van der Waals surface area contributed by atoms with Crippen LogP contribution in [-0.4, -0.2) is 29.4 Å². The van der Waals surface area contributed by atoms with Crippen molar-refractivity contribution in [1.82, 2.24) is 0 Å². The zero-order valence-electron chi connectivity index (χ0n) is 9.84. The largest absolute Gasteiger partial charge is 0.494 e. The molecule has 0 aliphatic carbocycles. The molecular weight excluding hydrogens is 224 g/mol. The number of hydrogen-bond acceptors (Lipinski definition) is 4. The molecule has 0 radical (unpaired) electrons. The lowest BCUT2D eigenvalue weighted by molar-refractivity contribution is -0.146. The number of benzene rings is 1. The van der Waals surface area contributed by atoms with Gasteiger partial charge in [-0.3, -0.25) is 0 Å². The monoisotopic (exact) mass is 240 g/mol. The molecule has 1 rings (SSSR count). The summed E-state index contributed by atoms with van der Waals surface area (Å²) in [5, 5.41) is 18.2. The summed E-state index contributed by atoms with van der Waals surface area (Å²) in [7, 11) is 0. The van der Waals surface area contributed by atoms with Crippen molar-refractivity contribution in [3.8, 4) is 11.5 Å². The zero-order valence-corrected chi connectivity index (χ0v) is 9.84. The third-order valence-corrected chi connectivity index (χ3v) is 2.07. The van der Waals surface area contributed by atoms with Gasteiger partial charge in [0.25, 0.3) is 0 Å². The smallest absolute Gasteiger partial charge is 0.337 e. The normalized spacial score (nSPS) is 11.9. The van der Waals surface area contributed by atoms with Crippen molar-refractivity contribution >= 4 is 5.97 Å². The van der Waals surface area contributed by atoms with Gasteiger partial charge in [-0.25, -0.2) is 4.79 Å². The Morgan fingerprint density at radius 3 is 2.00 bits per heavy atom. The van der Waals surface area contributed by atoms with Crippen molar-refractivity contribution in [1.29, 1.82) is 0 Å². The molecule has 17 heavy (non-hydrogen) atoms. The summed E-state index contributed by atoms with van der Waals surface area (Å²) in [5.41, 5.74) is 0.243. The molecule has 2 N–H and O–H groups in total. The number of aliphatic hydroxyl groups is 1. The SMILES string of the molecule is CCOc1cc(OCC)cc([C@@H](O)C(=O)O)c1. The van der Waals surface area contributed by atoms with Gasteiger partial charge in [0.15, 0.2) is 6.10 Å². The molecule has 0 unspecified atom stereocenters. The molecule has 5 heteroatoms. The van der Waals surface area contributed by atoms with Crippen LogP contribution in [0.3, 0.4) is 0 Å². The number of aliphatic carboxylic acids is 1. The van der Waals surface area contributed by atoms with Gasteiger partial charge in [-0.15, -0.1) is 0 Å². The van der Waals surface area contributed by atoms with Gasteiger partial charge in [0.2, 0.25) is 0 Å². The summed E-state index contributed by atoms with van der Waals surface area (Å²) in [6, 6.07) is 4.64. The second-order valence-corrected chi connectivity index (χ2v) is 3.34. The van der Waals surface area contributed by atoms with E-state index >= 15 is 0 Å². The minimum Gasteiger partial charge on any atom is -0.494 e. The third kappa shape index (κ3) is 3.64. The van der Waals surface area contributed by atoms with Crippen molar-refractivity contribution in [2.75, 3.05) is 13.2 Å². The average molecular weight is 240 g/mol. The molecule has 0 aromatic heterocycles. The first-order chi connectivity index (χ1) is 8.08. The molecule has 0 heterocycles. The maximum atomic E-state index is 10.7. The van der Waals surface area contributed by atoms with Crippen molar-refractivity contribution in [3.63, 3.8) is 0 Å². The van der Waals surface area contributed by atoms with Gasteiger partial charge in [-0.1, -0.05) is 0 Å². The van der Waals surface area contributed by atoms with E-state index in [1.165, 1.54) is 12.1 Å². The summed E-state index contributed by atoms with van der Waals surface area (Å²) in [5.74, 6) is -0.344. The van der Waals surface area contributed by atoms with Gasteiger partial charge in [0.1, 0.15) is 11.5 Å². The van der Waals surface area contributed by atoms with Crippen molar-refractivity contribution in [2.45, 2.75) is 20.0 Å². The molecule has 94 valence electrons. The quantitative estimate of drug-likeness (QED) is 0.789. The van der Waals surface area contributed by atoms with E-state index in [1.807, 2.05) is 13.8 Å². The Morgan fingerprint density at radius 1 is 1.18 bits per heavy atom. The molecular formula is C12H16O5. The summed E-state index contributed by atoms with van der Waals surface area (Å²) in [6.07, 6.45) is -1.57. The molecule has 1 aromatic carbocycles. The molecule has 0 spiro atoms. The Kier molecular flexibility index (Phi) is 4.78. The fraction of sp³-hybridized carbons (Fsp3) is 0.417. The van der Waals surface area contributed by atoms with E-state index in [0.29, 0.717) is 24.7 Å². The number of hydrogen-bond donors (Lipinski definition) is 2. The number of aliphatic hydroxyl groups excluding tert-OH is 1. The maximum absolute atomic E-state index is 10.7. The van der Waals surface area contributed by atoms with E-state index in [1.54, 1.807) is 6.07 Å². The van der Waals surface area contributed by atoms with Crippen LogP contribution >= 0.6 is 0 Å². The Morgan fingerprint density at radius 2 is 1.65 bits per heavy atom. The summed E-state index contributed by atoms with van der Waals surface area (Å²) >= 11 is 0. The second kappa shape index (κ2) is 6.10. The van der Waals surface area contributed by atoms with Gasteiger partial charge < -0.3 is 19.7 Å². The lowest BCUT2D eigenvalue weighted by Gasteiger charge is -2.12. The molecule has 0 bridgehead atoms. The van der Waals surface area contributed by atoms with Crippen LogP contribution in [-0.2, 0) is 4.79 Å². The minimum atomic E-state index is -1.57. The first-order valence-electron chi connectivity index (χ1n) is 5.40. The first kappa shape index (κ1) is 13.3. The van der Waals surface area contributed by atoms with E-state index in [-0.39, 0.29) is 5.56 Å². The maximum Gasteiger partial charge on any atom is 0.337 e. The van der Waals surface area contributed by atoms with Gasteiger partial charge in [0, 0.05) is 6.07 Å². The topological polar surface area (TPSA) is 76.0 Å². The second-order valence-electron chi connectivity index (χ2n) is 3.34. The van der Waals surface area contributed by atoms with Crippen LogP contribution in [0.25, 0.3) is 0 Å². The van der Waals surface area contributed by atoms with Gasteiger partial charge in [0.05, 0.1) is 13.2 Å². The van der Waals surface area contributed by atoms with Gasteiger partial charge in [-0.2, -0.15) is 0 Å². The Labute approximate surface area is 99.6 Å². The van der Waals surface area contributed by atoms with Crippen LogP contribution in [0.15, 0.2) is 18.2 Å². The van der Waals surface area contributed by atoms with Crippen LogP contribution in [0.1, 0.15) is 25.5 Å². The Balaban J connectivity index is 3.06. The number of rotatable bonds is 6. The van der Waals surface area contributed by atoms with Crippen LogP contribution in [0.4, 0.5) is 0 Å². The molecule has 1 atom stereocenters. The summed E-state index contributed by atoms with van der Waals surface area (Å²) in [6.45, 7) is 4.55. The highest BCUT2D eigenvalue weighted by molar-refractivity contribution is 5.74. The minimum absolute atomic E-state index is 0.243. The van der Waals surface area contributed by atoms with E-state index < -0.39 is 12.1 Å². The average Bonchev–Trinajstić information content (AvgIpc) is 2.28. The first-order valence-corrected chi connectivity index (χ1v) is 5.40. The highest BCUT2D eigenvalue weighted by Gasteiger charge is 2.17. The highest BCUT2D eigenvalue weighted by Crippen LogP contribution is 2.27. The van der Waals surface area contributed by atoms with Crippen LogP contribution < -0.4 is 9.47 Å². The molecule has 0 amide bonds. The zero-order chi connectivity index (χ0) is 12.8. The highest BCUT2D eigenvalue weighted by atomic mass is 16.5. The summed E-state index contributed by atoms with van der Waals surface area (Å²) in [4.78, 5) is 10.7. The van der Waals surface area contributed by atoms with Gasteiger partial charge >= 0.3 is 5.97 Å². The van der Waals surface area contributed by atoms with Crippen molar-refractivity contribution in [3.05, 3.63) is 23.8 Å². The fourth-order valence-corrected chi connectivity index (χ4v) is 1.39. The molecule has 0 aliphatic rings. The van der Waals surface area contributed by atoms with E-state index in [4.69, 9.17) is 14.6 Å². The predicted octanol–water partition coefficient (Wildman–Crippen LogP) is 1.60. The number of carbonyl (C=O) groups is 1. The van der Waals surface area contributed by atoms with Crippen molar-refractivity contribution in [2.24, 2.45) is 0 Å². The number of carboxylic acids is 1. The molecule has 0 aliphatic heterocycles. The molecule has 5 nitrogen and oxygen atoms in total. The van der Waals surface area contributed by atoms with E-state index in [0.717, 1.165) is 0 Å². The van der Waals surface area contributed by atoms with E-state index in [9.17, 15) is 9.90 Å². The van der Waals surface area contributed by atoms with Crippen LogP contribution in [0.5, 0.6) is 11.5 Å². The molecule has 0 saturated heterocycles. The Hall–Kier alpha value is -1.75. The van der Waals surface area contributed by atoms with Crippen LogP contribution in [0.2, 0.25) is 0 Å². The van der Waals surface area contributed by atoms with Crippen LogP contribution in [0, 0.1) is 0 Å².